The molecule has 0 bridgehead atoms. The number of carbonyl (C=O) groups excluding carboxylic acids is 1. The molecule has 0 aliphatic carbocycles. The number of halogens is 1. The fourth-order valence-corrected chi connectivity index (χ4v) is 4.31. The first-order valence-corrected chi connectivity index (χ1v) is 10.0. The summed E-state index contributed by atoms with van der Waals surface area (Å²) in [6, 6.07) is 15.9. The van der Waals surface area contributed by atoms with E-state index in [2.05, 4.69) is 34.6 Å². The van der Waals surface area contributed by atoms with Crippen molar-refractivity contribution in [1.82, 2.24) is 4.98 Å². The number of fused-ring (bicyclic) bond motifs is 1. The van der Waals surface area contributed by atoms with Gasteiger partial charge < -0.3 is 5.32 Å². The number of benzene rings is 2. The highest BCUT2D eigenvalue weighted by Gasteiger charge is 2.08. The molecule has 0 aliphatic heterocycles. The Bertz CT molecular complexity index is 820. The van der Waals surface area contributed by atoms with Crippen molar-refractivity contribution in [2.24, 2.45) is 0 Å². The molecule has 3 aromatic rings. The van der Waals surface area contributed by atoms with Crippen LogP contribution in [-0.4, -0.2) is 16.6 Å². The largest absolute Gasteiger partial charge is 0.302 e. The number of nitrogens with zero attached hydrogens (tertiary/aromatic N) is 1. The Morgan fingerprint density at radius 3 is 2.88 bits per heavy atom. The van der Waals surface area contributed by atoms with Gasteiger partial charge in [-0.25, -0.2) is 4.98 Å². The molecular weight excluding hydrogens is 360 g/mol. The maximum Gasteiger partial charge on any atom is 0.226 e. The summed E-state index contributed by atoms with van der Waals surface area (Å²) in [6.07, 6.45) is 1.37. The molecule has 3 nitrogen and oxygen atoms in total. The van der Waals surface area contributed by atoms with E-state index in [0.717, 1.165) is 28.1 Å². The van der Waals surface area contributed by atoms with E-state index in [1.807, 2.05) is 30.0 Å². The van der Waals surface area contributed by atoms with Gasteiger partial charge in [0.05, 0.1) is 10.2 Å². The van der Waals surface area contributed by atoms with E-state index in [1.54, 1.807) is 6.07 Å². The summed E-state index contributed by atoms with van der Waals surface area (Å²) >= 11 is 9.27. The molecule has 1 N–H and O–H groups in total. The lowest BCUT2D eigenvalue weighted by Crippen LogP contribution is -2.11. The number of hydrogen-bond donors (Lipinski definition) is 1. The molecule has 124 valence electrons. The summed E-state index contributed by atoms with van der Waals surface area (Å²) < 4.78 is 0.983. The summed E-state index contributed by atoms with van der Waals surface area (Å²) in [6.45, 7) is 0. The maximum absolute atomic E-state index is 12.0. The van der Waals surface area contributed by atoms with E-state index in [-0.39, 0.29) is 5.91 Å². The molecular formula is C18H17ClN2OS2. The van der Waals surface area contributed by atoms with Gasteiger partial charge in [0, 0.05) is 17.2 Å². The molecule has 0 fully saturated rings. The molecule has 0 saturated heterocycles. The van der Waals surface area contributed by atoms with Crippen LogP contribution in [0, 0.1) is 0 Å². The lowest BCUT2D eigenvalue weighted by atomic mass is 10.2. The zero-order valence-corrected chi connectivity index (χ0v) is 15.4. The minimum Gasteiger partial charge on any atom is -0.302 e. The third kappa shape index (κ3) is 4.97. The lowest BCUT2D eigenvalue weighted by Gasteiger charge is -2.03. The third-order valence-corrected chi connectivity index (χ3v) is 5.68. The van der Waals surface area contributed by atoms with Crippen LogP contribution in [0.25, 0.3) is 10.2 Å². The second kappa shape index (κ2) is 8.51. The minimum absolute atomic E-state index is 0.0143. The smallest absolute Gasteiger partial charge is 0.226 e. The van der Waals surface area contributed by atoms with Crippen molar-refractivity contribution < 1.29 is 4.79 Å². The van der Waals surface area contributed by atoms with Gasteiger partial charge in [-0.3, -0.25) is 4.79 Å². The number of carbonyl (C=O) groups is 1. The Morgan fingerprint density at radius 1 is 1.21 bits per heavy atom. The van der Waals surface area contributed by atoms with E-state index in [4.69, 9.17) is 11.6 Å². The van der Waals surface area contributed by atoms with Gasteiger partial charge in [-0.15, -0.1) is 0 Å². The molecule has 0 aliphatic rings. The second-order valence-electron chi connectivity index (χ2n) is 5.32. The van der Waals surface area contributed by atoms with E-state index in [0.29, 0.717) is 16.6 Å². The predicted octanol–water partition coefficient (Wildman–Crippen LogP) is 5.60. The number of amides is 1. The van der Waals surface area contributed by atoms with Gasteiger partial charge in [-0.2, -0.15) is 11.8 Å². The summed E-state index contributed by atoms with van der Waals surface area (Å²) in [4.78, 5) is 16.4. The molecule has 1 aromatic heterocycles. The summed E-state index contributed by atoms with van der Waals surface area (Å²) in [5.41, 5.74) is 2.18. The fraction of sp³-hybridized carbons (Fsp3) is 0.222. The molecule has 1 amide bonds. The number of thiazole rings is 1. The molecule has 0 unspecified atom stereocenters. The van der Waals surface area contributed by atoms with Crippen molar-refractivity contribution in [3.05, 3.63) is 59.1 Å². The van der Waals surface area contributed by atoms with Gasteiger partial charge in [0.25, 0.3) is 0 Å². The van der Waals surface area contributed by atoms with Crippen molar-refractivity contribution in [3.8, 4) is 0 Å². The Morgan fingerprint density at radius 2 is 2.04 bits per heavy atom. The molecule has 24 heavy (non-hydrogen) atoms. The Kier molecular flexibility index (Phi) is 6.12. The SMILES string of the molecule is O=C(CCCSCc1ccccc1)Nc1nc2ccc(Cl)cc2s1. The average molecular weight is 377 g/mol. The van der Waals surface area contributed by atoms with Crippen molar-refractivity contribution in [2.45, 2.75) is 18.6 Å². The van der Waals surface area contributed by atoms with Gasteiger partial charge in [0.15, 0.2) is 5.13 Å². The van der Waals surface area contributed by atoms with Crippen LogP contribution in [0.3, 0.4) is 0 Å². The molecule has 2 aromatic carbocycles. The summed E-state index contributed by atoms with van der Waals surface area (Å²) in [7, 11) is 0. The van der Waals surface area contributed by atoms with E-state index in [9.17, 15) is 4.79 Å². The fourth-order valence-electron chi connectivity index (χ4n) is 2.23. The average Bonchev–Trinajstić information content (AvgIpc) is 2.96. The number of nitrogens with one attached hydrogen (secondary N) is 1. The zero-order chi connectivity index (χ0) is 16.8. The Hall–Kier alpha value is -1.56. The van der Waals surface area contributed by atoms with Crippen LogP contribution in [0.2, 0.25) is 5.02 Å². The van der Waals surface area contributed by atoms with Gasteiger partial charge in [-0.05, 0) is 35.9 Å². The molecule has 0 spiro atoms. The van der Waals surface area contributed by atoms with Crippen LogP contribution in [0.4, 0.5) is 5.13 Å². The topological polar surface area (TPSA) is 42.0 Å². The highest BCUT2D eigenvalue weighted by atomic mass is 35.5. The van der Waals surface area contributed by atoms with E-state index < -0.39 is 0 Å². The first-order valence-electron chi connectivity index (χ1n) is 7.68. The van der Waals surface area contributed by atoms with Crippen LogP contribution in [0.1, 0.15) is 18.4 Å². The van der Waals surface area contributed by atoms with Crippen LogP contribution in [-0.2, 0) is 10.5 Å². The molecule has 0 atom stereocenters. The van der Waals surface area contributed by atoms with E-state index >= 15 is 0 Å². The number of aromatic nitrogens is 1. The van der Waals surface area contributed by atoms with Crippen molar-refractivity contribution in [2.75, 3.05) is 11.1 Å². The molecule has 0 saturated carbocycles. The highest BCUT2D eigenvalue weighted by molar-refractivity contribution is 7.98. The third-order valence-electron chi connectivity index (χ3n) is 3.40. The first kappa shape index (κ1) is 17.3. The van der Waals surface area contributed by atoms with Crippen molar-refractivity contribution in [1.29, 1.82) is 0 Å². The summed E-state index contributed by atoms with van der Waals surface area (Å²) in [5, 5.41) is 4.19. The quantitative estimate of drug-likeness (QED) is 0.545. The predicted molar refractivity (Wildman–Crippen MR) is 105 cm³/mol. The van der Waals surface area contributed by atoms with Crippen LogP contribution in [0.5, 0.6) is 0 Å². The highest BCUT2D eigenvalue weighted by Crippen LogP contribution is 2.28. The van der Waals surface area contributed by atoms with Crippen LogP contribution < -0.4 is 5.32 Å². The van der Waals surface area contributed by atoms with Gasteiger partial charge in [0.1, 0.15) is 0 Å². The molecule has 0 radical (unpaired) electrons. The van der Waals surface area contributed by atoms with Crippen molar-refractivity contribution >= 4 is 56.0 Å². The molecule has 1 heterocycles. The number of anilines is 1. The minimum atomic E-state index is 0.0143. The zero-order valence-electron chi connectivity index (χ0n) is 13.0. The maximum atomic E-state index is 12.0. The normalized spacial score (nSPS) is 10.9. The summed E-state index contributed by atoms with van der Waals surface area (Å²) in [5.74, 6) is 1.97. The van der Waals surface area contributed by atoms with Crippen LogP contribution >= 0.6 is 34.7 Å². The number of hydrogen-bond acceptors (Lipinski definition) is 4. The lowest BCUT2D eigenvalue weighted by molar-refractivity contribution is -0.116. The Labute approximate surface area is 154 Å². The number of thioether (sulfide) groups is 1. The van der Waals surface area contributed by atoms with E-state index in [1.165, 1.54) is 16.9 Å². The van der Waals surface area contributed by atoms with Gasteiger partial charge in [-0.1, -0.05) is 53.3 Å². The first-order chi connectivity index (χ1) is 11.7. The molecule has 6 heteroatoms. The van der Waals surface area contributed by atoms with Crippen molar-refractivity contribution in [3.63, 3.8) is 0 Å². The second-order valence-corrected chi connectivity index (χ2v) is 7.89. The standard InChI is InChI=1S/C18H17ClN2OS2/c19-14-8-9-15-16(11-14)24-18(20-15)21-17(22)7-4-10-23-12-13-5-2-1-3-6-13/h1-3,5-6,8-9,11H,4,7,10,12H2,(H,20,21,22). The Balaban J connectivity index is 1.40. The monoisotopic (exact) mass is 376 g/mol. The van der Waals surface area contributed by atoms with Crippen LogP contribution in [0.15, 0.2) is 48.5 Å². The van der Waals surface area contributed by atoms with Gasteiger partial charge in [0.2, 0.25) is 5.91 Å². The number of rotatable bonds is 7. The molecule has 3 rings (SSSR count). The van der Waals surface area contributed by atoms with Gasteiger partial charge >= 0.3 is 0 Å².